The van der Waals surface area contributed by atoms with E-state index in [4.69, 9.17) is 9.47 Å². The van der Waals surface area contributed by atoms with Gasteiger partial charge >= 0.3 is 12.3 Å². The summed E-state index contributed by atoms with van der Waals surface area (Å²) >= 11 is 0. The smallest absolute Gasteiger partial charge is 0.416 e. The molecule has 2 atom stereocenters. The number of hydrogen-bond acceptors (Lipinski definition) is 6. The fraction of sp³-hybridized carbons (Fsp3) is 0.500. The summed E-state index contributed by atoms with van der Waals surface area (Å²) < 4.78 is 108. The van der Waals surface area contributed by atoms with Gasteiger partial charge in [0.25, 0.3) is 0 Å². The lowest BCUT2D eigenvalue weighted by atomic mass is 9.78. The number of rotatable bonds is 8. The molecule has 2 fully saturated rings. The van der Waals surface area contributed by atoms with E-state index in [-0.39, 0.29) is 22.7 Å². The zero-order valence-electron chi connectivity index (χ0n) is 28.9. The second-order valence-electron chi connectivity index (χ2n) is 14.9. The first-order chi connectivity index (χ1) is 24.0. The van der Waals surface area contributed by atoms with E-state index in [0.717, 1.165) is 56.0 Å². The topological polar surface area (TPSA) is 84.9 Å². The highest BCUT2D eigenvalue weighted by atomic mass is 32.2. The van der Waals surface area contributed by atoms with Crippen molar-refractivity contribution < 1.29 is 44.6 Å². The Balaban J connectivity index is 1.24. The number of carbonyl (C=O) groups is 1. The van der Waals surface area contributed by atoms with Crippen molar-refractivity contribution in [1.29, 1.82) is 0 Å². The second-order valence-corrected chi connectivity index (χ2v) is 17.1. The minimum atomic E-state index is -4.77. The maximum atomic E-state index is 14.7. The third kappa shape index (κ3) is 7.60. The van der Waals surface area contributed by atoms with Gasteiger partial charge in [0.2, 0.25) is 0 Å². The summed E-state index contributed by atoms with van der Waals surface area (Å²) in [5.74, 6) is -1.09. The summed E-state index contributed by atoms with van der Waals surface area (Å²) in [6, 6.07) is 12.1. The number of amides is 1. The van der Waals surface area contributed by atoms with Crippen LogP contribution in [0.4, 0.5) is 26.7 Å². The number of hydrogen-bond donors (Lipinski definition) is 1. The minimum absolute atomic E-state index is 0.00373. The summed E-state index contributed by atoms with van der Waals surface area (Å²) in [5.41, 5.74) is -1.04. The Morgan fingerprint density at radius 1 is 0.961 bits per heavy atom. The van der Waals surface area contributed by atoms with Gasteiger partial charge in [-0.1, -0.05) is 12.1 Å². The fourth-order valence-corrected chi connectivity index (χ4v) is 10.5. The van der Waals surface area contributed by atoms with Crippen LogP contribution in [0.25, 0.3) is 0 Å². The van der Waals surface area contributed by atoms with E-state index in [0.29, 0.717) is 49.4 Å². The quantitative estimate of drug-likeness (QED) is 0.185. The summed E-state index contributed by atoms with van der Waals surface area (Å²) in [7, 11) is -4.08. The Bertz CT molecular complexity index is 1850. The van der Waals surface area contributed by atoms with Crippen LogP contribution in [0, 0.1) is 17.6 Å². The van der Waals surface area contributed by atoms with E-state index >= 15 is 0 Å². The molecule has 0 radical (unpaired) electrons. The van der Waals surface area contributed by atoms with Gasteiger partial charge in [-0.2, -0.15) is 13.2 Å². The van der Waals surface area contributed by atoms with Gasteiger partial charge in [0.15, 0.2) is 9.84 Å². The Kier molecular flexibility index (Phi) is 10.2. The van der Waals surface area contributed by atoms with Crippen LogP contribution in [0.3, 0.4) is 0 Å². The van der Waals surface area contributed by atoms with Gasteiger partial charge in [-0.05, 0) is 131 Å². The van der Waals surface area contributed by atoms with Crippen LogP contribution in [-0.4, -0.2) is 50.2 Å². The molecule has 0 unspecified atom stereocenters. The Hall–Kier alpha value is -3.71. The molecule has 0 aromatic heterocycles. The van der Waals surface area contributed by atoms with Gasteiger partial charge in [-0.3, -0.25) is 4.90 Å². The average molecular weight is 735 g/mol. The normalized spacial score (nSPS) is 24.0. The van der Waals surface area contributed by atoms with Crippen molar-refractivity contribution in [3.8, 4) is 5.75 Å². The first kappa shape index (κ1) is 37.1. The van der Waals surface area contributed by atoms with Crippen molar-refractivity contribution in [3.05, 3.63) is 94.6 Å². The molecule has 0 bridgehead atoms. The summed E-state index contributed by atoms with van der Waals surface area (Å²) in [6.45, 7) is 5.99. The van der Waals surface area contributed by atoms with Crippen LogP contribution >= 0.6 is 0 Å². The van der Waals surface area contributed by atoms with Gasteiger partial charge in [0, 0.05) is 30.7 Å². The summed E-state index contributed by atoms with van der Waals surface area (Å²) in [4.78, 5) is 14.6. The van der Waals surface area contributed by atoms with Gasteiger partial charge in [0.1, 0.15) is 34.3 Å². The Labute approximate surface area is 295 Å². The molecule has 1 amide bonds. The Morgan fingerprint density at radius 3 is 2.33 bits per heavy atom. The van der Waals surface area contributed by atoms with E-state index < -0.39 is 61.8 Å². The zero-order valence-corrected chi connectivity index (χ0v) is 29.7. The molecule has 276 valence electrons. The van der Waals surface area contributed by atoms with E-state index in [1.807, 2.05) is 20.8 Å². The monoisotopic (exact) mass is 734 g/mol. The summed E-state index contributed by atoms with van der Waals surface area (Å²) in [5, 5.41) is 2.97. The number of ether oxygens (including phenoxy) is 2. The van der Waals surface area contributed by atoms with Crippen molar-refractivity contribution >= 4 is 15.9 Å². The number of alkyl halides is 3. The highest BCUT2D eigenvalue weighted by Crippen LogP contribution is 2.53. The number of nitrogens with zero attached hydrogens (tertiary/aromatic N) is 1. The van der Waals surface area contributed by atoms with Crippen molar-refractivity contribution in [2.75, 3.05) is 13.1 Å². The number of alkyl carbamates (subject to hydrolysis) is 1. The zero-order chi connectivity index (χ0) is 36.8. The van der Waals surface area contributed by atoms with Gasteiger partial charge in [-0.15, -0.1) is 0 Å². The third-order valence-corrected chi connectivity index (χ3v) is 13.0. The number of benzene rings is 3. The largest absolute Gasteiger partial charge is 0.489 e. The molecule has 1 saturated carbocycles. The molecule has 1 N–H and O–H groups in total. The molecule has 7 nitrogen and oxygen atoms in total. The number of fused-ring (bicyclic) bond motifs is 3. The molecular formula is C38H43F5N2O5S. The van der Waals surface area contributed by atoms with E-state index in [2.05, 4.69) is 10.2 Å². The highest BCUT2D eigenvalue weighted by molar-refractivity contribution is 7.92. The Morgan fingerprint density at radius 2 is 1.67 bits per heavy atom. The molecule has 1 heterocycles. The average Bonchev–Trinajstić information content (AvgIpc) is 3.44. The molecule has 0 spiro atoms. The van der Waals surface area contributed by atoms with Crippen LogP contribution in [0.5, 0.6) is 5.75 Å². The molecule has 13 heteroatoms. The van der Waals surface area contributed by atoms with Crippen molar-refractivity contribution in [1.82, 2.24) is 10.2 Å². The van der Waals surface area contributed by atoms with Crippen molar-refractivity contribution in [2.45, 2.75) is 106 Å². The lowest BCUT2D eigenvalue weighted by Gasteiger charge is -2.44. The minimum Gasteiger partial charge on any atom is -0.489 e. The molecule has 3 aliphatic rings. The number of nitrogens with one attached hydrogen (secondary N) is 1. The second kappa shape index (κ2) is 14.0. The lowest BCUT2D eigenvalue weighted by Crippen LogP contribution is -2.51. The third-order valence-electron chi connectivity index (χ3n) is 10.4. The molecule has 1 aliphatic heterocycles. The first-order valence-electron chi connectivity index (χ1n) is 17.3. The molecule has 51 heavy (non-hydrogen) atoms. The van der Waals surface area contributed by atoms with Crippen molar-refractivity contribution in [2.24, 2.45) is 5.92 Å². The van der Waals surface area contributed by atoms with E-state index in [9.17, 15) is 35.2 Å². The number of sulfone groups is 1. The molecular weight excluding hydrogens is 691 g/mol. The predicted molar refractivity (Wildman–Crippen MR) is 181 cm³/mol. The van der Waals surface area contributed by atoms with Crippen LogP contribution < -0.4 is 10.1 Å². The van der Waals surface area contributed by atoms with Crippen LogP contribution in [-0.2, 0) is 38.5 Å². The maximum Gasteiger partial charge on any atom is 0.416 e. The predicted octanol–water partition coefficient (Wildman–Crippen LogP) is 8.34. The van der Waals surface area contributed by atoms with E-state index in [1.165, 1.54) is 18.2 Å². The molecule has 6 rings (SSSR count). The number of likely N-dealkylation sites (tertiary alicyclic amines) is 1. The number of halogens is 5. The highest BCUT2D eigenvalue weighted by Gasteiger charge is 2.60. The number of aryl methyl sites for hydroxylation is 1. The molecule has 3 aromatic rings. The van der Waals surface area contributed by atoms with Crippen LogP contribution in [0.2, 0.25) is 0 Å². The number of carbonyl (C=O) groups excluding carboxylic acids is 1. The van der Waals surface area contributed by atoms with Crippen LogP contribution in [0.15, 0.2) is 65.6 Å². The lowest BCUT2D eigenvalue weighted by molar-refractivity contribution is -0.138. The molecule has 2 aliphatic carbocycles. The molecule has 1 saturated heterocycles. The van der Waals surface area contributed by atoms with Crippen molar-refractivity contribution in [3.63, 3.8) is 0 Å². The van der Waals surface area contributed by atoms with Crippen LogP contribution in [0.1, 0.15) is 81.5 Å². The fourth-order valence-electron chi connectivity index (χ4n) is 8.15. The summed E-state index contributed by atoms with van der Waals surface area (Å²) in [6.07, 6.45) is -0.634. The van der Waals surface area contributed by atoms with Gasteiger partial charge in [-0.25, -0.2) is 22.0 Å². The van der Waals surface area contributed by atoms with Gasteiger partial charge in [0.05, 0.1) is 10.5 Å². The SMILES string of the molecule is CC(C)(C)OC(=O)N[C@H]1CC[C@H](CN2CC[C@@]3(S(=O)(=O)c4ccc(F)cc4)c4ccc(OCc5c(F)cccc5C(F)(F)F)cc4CC[C@@H]23)CC1. The standard InChI is InChI=1S/C38H43F5N2O5S/c1-36(2,3)50-35(46)44-27-12-7-24(8-13-27)22-45-20-19-37(51(47,48)29-15-10-26(39)11-16-29)31-17-14-28(21-25(31)9-18-34(37)45)49-23-30-32(38(41,42)43)5-4-6-33(30)40/h4-6,10-11,14-17,21,24,27,34H,7-9,12-13,18-20,22-23H2,1-3H3,(H,44,46)/t24-,27-,34-,37-/m1/s1. The first-order valence-corrected chi connectivity index (χ1v) is 18.8. The maximum absolute atomic E-state index is 14.7. The van der Waals surface area contributed by atoms with E-state index in [1.54, 1.807) is 12.1 Å². The molecule has 3 aromatic carbocycles. The van der Waals surface area contributed by atoms with Gasteiger partial charge < -0.3 is 14.8 Å².